The molecule has 0 saturated heterocycles. The standard InChI is InChI=1S/C25H23N7O2.C22H22N6O/c1-4-7-20(33)31(3)16(2)24-30-21(22-23(26)28-14-15-32(22)24)17-9-11-18(12-10-17)25(34)29-19-8-5-6-13-27-19;1-3-14(2)21-27-18(19-20(23)25-12-13-28(19)21)15-7-9-16(10-8-15)22(29)26-17-6-4-5-11-24-17/h5-6,8-16H,1-3H3,(H2,26,28)(H,27,29,34);4-14H,3H2,1-2H3,(H2,23,25)(H,24,26,29)/t16-;14-/m01/s1. The normalized spacial score (nSPS) is 11.7. The van der Waals surface area contributed by atoms with Crippen LogP contribution in [0.3, 0.4) is 0 Å². The van der Waals surface area contributed by atoms with Crippen LogP contribution in [-0.2, 0) is 4.79 Å². The Morgan fingerprint density at radius 3 is 1.56 bits per heavy atom. The predicted octanol–water partition coefficient (Wildman–Crippen LogP) is 7.31. The molecule has 316 valence electrons. The largest absolute Gasteiger partial charge is 0.382 e. The maximum Gasteiger partial charge on any atom is 0.298 e. The number of nitrogens with one attached hydrogen (secondary N) is 2. The first kappa shape index (κ1) is 42.7. The number of hydrogen-bond acceptors (Lipinski definition) is 11. The van der Waals surface area contributed by atoms with Gasteiger partial charge in [0.1, 0.15) is 57.3 Å². The molecule has 16 heteroatoms. The van der Waals surface area contributed by atoms with E-state index < -0.39 is 0 Å². The van der Waals surface area contributed by atoms with Gasteiger partial charge in [-0.2, -0.15) is 0 Å². The number of amides is 3. The minimum Gasteiger partial charge on any atom is -0.382 e. The van der Waals surface area contributed by atoms with Crippen molar-refractivity contribution < 1.29 is 14.4 Å². The molecule has 0 bridgehead atoms. The summed E-state index contributed by atoms with van der Waals surface area (Å²) in [5.41, 5.74) is 17.8. The lowest BCUT2D eigenvalue weighted by Gasteiger charge is -2.21. The summed E-state index contributed by atoms with van der Waals surface area (Å²) >= 11 is 0. The lowest BCUT2D eigenvalue weighted by molar-refractivity contribution is -0.125. The first-order valence-electron chi connectivity index (χ1n) is 20.1. The zero-order chi connectivity index (χ0) is 44.6. The van der Waals surface area contributed by atoms with Gasteiger partial charge in [-0.1, -0.05) is 56.2 Å². The summed E-state index contributed by atoms with van der Waals surface area (Å²) in [5.74, 6) is 7.95. The van der Waals surface area contributed by atoms with E-state index in [0.29, 0.717) is 51.4 Å². The summed E-state index contributed by atoms with van der Waals surface area (Å²) in [5, 5.41) is 5.54. The molecule has 2 atom stereocenters. The molecule has 0 unspecified atom stereocenters. The van der Waals surface area contributed by atoms with Crippen LogP contribution in [0.2, 0.25) is 0 Å². The van der Waals surface area contributed by atoms with Crippen LogP contribution in [-0.4, -0.2) is 68.4 Å². The molecule has 0 aliphatic carbocycles. The number of nitrogen functional groups attached to an aromatic ring is 2. The van der Waals surface area contributed by atoms with Gasteiger partial charge < -0.3 is 27.0 Å². The molecule has 8 aromatic rings. The Kier molecular flexibility index (Phi) is 12.8. The summed E-state index contributed by atoms with van der Waals surface area (Å²) in [4.78, 5) is 65.2. The number of hydrogen-bond donors (Lipinski definition) is 4. The molecule has 0 spiro atoms. The molecular weight excluding hydrogens is 795 g/mol. The molecule has 0 radical (unpaired) electrons. The van der Waals surface area contributed by atoms with Crippen molar-refractivity contribution in [1.29, 1.82) is 0 Å². The number of carbonyl (C=O) groups excluding carboxylic acids is 3. The molecule has 16 nitrogen and oxygen atoms in total. The van der Waals surface area contributed by atoms with Crippen LogP contribution in [0.15, 0.2) is 122 Å². The quantitative estimate of drug-likeness (QED) is 0.100. The zero-order valence-electron chi connectivity index (χ0n) is 35.3. The van der Waals surface area contributed by atoms with Crippen LogP contribution in [0, 0.1) is 11.8 Å². The van der Waals surface area contributed by atoms with Gasteiger partial charge in [-0.25, -0.2) is 29.9 Å². The first-order chi connectivity index (χ1) is 30.5. The zero-order valence-corrected chi connectivity index (χ0v) is 35.3. The Balaban J connectivity index is 0.000000191. The highest BCUT2D eigenvalue weighted by molar-refractivity contribution is 6.05. The Morgan fingerprint density at radius 2 is 1.13 bits per heavy atom. The lowest BCUT2D eigenvalue weighted by Crippen LogP contribution is -2.29. The number of nitrogens with two attached hydrogens (primary N) is 2. The van der Waals surface area contributed by atoms with Crippen molar-refractivity contribution in [3.8, 4) is 34.4 Å². The van der Waals surface area contributed by atoms with Gasteiger partial charge in [0.25, 0.3) is 17.7 Å². The van der Waals surface area contributed by atoms with Crippen LogP contribution in [0.25, 0.3) is 33.5 Å². The van der Waals surface area contributed by atoms with Crippen molar-refractivity contribution in [3.63, 3.8) is 0 Å². The molecule has 0 aliphatic rings. The van der Waals surface area contributed by atoms with Gasteiger partial charge in [0, 0.05) is 72.4 Å². The van der Waals surface area contributed by atoms with Gasteiger partial charge in [-0.3, -0.25) is 23.2 Å². The fraction of sp³-hybridized carbons (Fsp3) is 0.170. The van der Waals surface area contributed by atoms with E-state index in [-0.39, 0.29) is 29.7 Å². The molecule has 0 aliphatic heterocycles. The van der Waals surface area contributed by atoms with E-state index in [9.17, 15) is 14.4 Å². The molecule has 6 aromatic heterocycles. The van der Waals surface area contributed by atoms with Gasteiger partial charge in [-0.15, -0.1) is 0 Å². The smallest absolute Gasteiger partial charge is 0.298 e. The highest BCUT2D eigenvalue weighted by atomic mass is 16.2. The Labute approximate surface area is 363 Å². The number of fused-ring (bicyclic) bond motifs is 2. The van der Waals surface area contributed by atoms with E-state index in [2.05, 4.69) is 56.3 Å². The van der Waals surface area contributed by atoms with Crippen molar-refractivity contribution in [2.24, 2.45) is 0 Å². The monoisotopic (exact) mass is 839 g/mol. The Hall–Kier alpha value is -8.45. The molecule has 3 amide bonds. The van der Waals surface area contributed by atoms with E-state index in [1.54, 1.807) is 112 Å². The topological polar surface area (TPSA) is 217 Å². The number of nitrogens with zero attached hydrogens (tertiary/aromatic N) is 9. The fourth-order valence-corrected chi connectivity index (χ4v) is 6.76. The van der Waals surface area contributed by atoms with Crippen LogP contribution in [0.1, 0.15) is 78.4 Å². The third-order valence-electron chi connectivity index (χ3n) is 10.4. The van der Waals surface area contributed by atoms with Gasteiger partial charge in [0.05, 0.1) is 6.04 Å². The SMILES string of the molecule is CC#CC(=O)N(C)[C@@H](C)c1nc(-c2ccc(C(=O)Nc3ccccn3)cc2)c2c(N)nccn12.CC[C@@H](C)c1nc(-c2ccc(C(=O)Nc3ccccn3)cc2)c2c(N)nccn12. The van der Waals surface area contributed by atoms with E-state index in [4.69, 9.17) is 21.4 Å². The van der Waals surface area contributed by atoms with Gasteiger partial charge in [0.15, 0.2) is 0 Å². The number of aromatic nitrogens is 8. The molecule has 6 heterocycles. The maximum atomic E-state index is 12.6. The number of imidazole rings is 2. The molecule has 8 rings (SSSR count). The molecule has 2 aromatic carbocycles. The van der Waals surface area contributed by atoms with Crippen LogP contribution < -0.4 is 22.1 Å². The van der Waals surface area contributed by atoms with Crippen molar-refractivity contribution in [3.05, 3.63) is 145 Å². The highest BCUT2D eigenvalue weighted by Gasteiger charge is 2.25. The number of pyridine rings is 2. The second-order valence-corrected chi connectivity index (χ2v) is 14.5. The second-order valence-electron chi connectivity index (χ2n) is 14.5. The van der Waals surface area contributed by atoms with Crippen molar-refractivity contribution in [2.45, 2.75) is 46.1 Å². The summed E-state index contributed by atoms with van der Waals surface area (Å²) in [7, 11) is 1.68. The predicted molar refractivity (Wildman–Crippen MR) is 243 cm³/mol. The van der Waals surface area contributed by atoms with E-state index in [0.717, 1.165) is 34.6 Å². The molecule has 6 N–H and O–H groups in total. The summed E-state index contributed by atoms with van der Waals surface area (Å²) < 4.78 is 3.83. The average Bonchev–Trinajstić information content (AvgIpc) is 3.91. The number of anilines is 4. The van der Waals surface area contributed by atoms with Gasteiger partial charge in [0.2, 0.25) is 0 Å². The van der Waals surface area contributed by atoms with Crippen LogP contribution >= 0.6 is 0 Å². The van der Waals surface area contributed by atoms with Crippen molar-refractivity contribution in [2.75, 3.05) is 29.1 Å². The Morgan fingerprint density at radius 1 is 0.667 bits per heavy atom. The molecular formula is C47H45N13O3. The fourth-order valence-electron chi connectivity index (χ4n) is 6.76. The Bertz CT molecular complexity index is 2970. The first-order valence-corrected chi connectivity index (χ1v) is 20.1. The minimum atomic E-state index is -0.375. The summed E-state index contributed by atoms with van der Waals surface area (Å²) in [6.07, 6.45) is 11.1. The maximum absolute atomic E-state index is 12.6. The summed E-state index contributed by atoms with van der Waals surface area (Å²) in [6, 6.07) is 24.6. The van der Waals surface area contributed by atoms with Crippen molar-refractivity contribution in [1.82, 2.24) is 43.6 Å². The summed E-state index contributed by atoms with van der Waals surface area (Å²) in [6.45, 7) is 7.76. The molecule has 0 saturated carbocycles. The highest BCUT2D eigenvalue weighted by Crippen LogP contribution is 2.33. The number of benzene rings is 2. The van der Waals surface area contributed by atoms with Gasteiger partial charge in [-0.05, 0) is 74.7 Å². The number of carbonyl (C=O) groups is 3. The third kappa shape index (κ3) is 9.17. The van der Waals surface area contributed by atoms with E-state index in [1.165, 1.54) is 4.90 Å². The number of rotatable bonds is 10. The van der Waals surface area contributed by atoms with Gasteiger partial charge >= 0.3 is 0 Å². The van der Waals surface area contributed by atoms with E-state index in [1.807, 2.05) is 40.1 Å². The van der Waals surface area contributed by atoms with Crippen LogP contribution in [0.5, 0.6) is 0 Å². The molecule has 0 fully saturated rings. The average molecular weight is 840 g/mol. The van der Waals surface area contributed by atoms with Crippen molar-refractivity contribution >= 4 is 52.0 Å². The second kappa shape index (κ2) is 18.9. The van der Waals surface area contributed by atoms with Crippen LogP contribution in [0.4, 0.5) is 23.3 Å². The molecule has 63 heavy (non-hydrogen) atoms. The third-order valence-corrected chi connectivity index (χ3v) is 10.4. The lowest BCUT2D eigenvalue weighted by atomic mass is 10.1. The van der Waals surface area contributed by atoms with E-state index >= 15 is 0 Å². The minimum absolute atomic E-state index is 0.216.